The van der Waals surface area contributed by atoms with Gasteiger partial charge < -0.3 is 18.9 Å². The fraction of sp³-hybridized carbons (Fsp3) is 0.483. The van der Waals surface area contributed by atoms with E-state index in [9.17, 15) is 18.0 Å². The van der Waals surface area contributed by atoms with E-state index >= 15 is 0 Å². The Hall–Kier alpha value is -3.64. The van der Waals surface area contributed by atoms with Crippen molar-refractivity contribution in [3.63, 3.8) is 0 Å². The van der Waals surface area contributed by atoms with Crippen LogP contribution in [-0.4, -0.2) is 57.1 Å². The Balaban J connectivity index is 2.24. The van der Waals surface area contributed by atoms with Crippen LogP contribution in [0.1, 0.15) is 64.5 Å². The number of rotatable bonds is 15. The number of pyridine rings is 1. The quantitative estimate of drug-likeness (QED) is 0.200. The number of amides is 2. The summed E-state index contributed by atoms with van der Waals surface area (Å²) in [7, 11) is -2.11. The van der Waals surface area contributed by atoms with Crippen LogP contribution >= 0.6 is 0 Å². The summed E-state index contributed by atoms with van der Waals surface area (Å²) in [6.07, 6.45) is 6.21. The SMILES string of the molecule is CCCCCS(=O)(=O)NC(=O)/C=C/c1ccc(OCCCOC)cc1Oc1ncc(NC(=O)OC(C)(C)C)cc1C. The Morgan fingerprint density at radius 1 is 1.07 bits per heavy atom. The molecule has 0 saturated heterocycles. The minimum atomic E-state index is -3.73. The summed E-state index contributed by atoms with van der Waals surface area (Å²) >= 11 is 0. The second-order valence-corrected chi connectivity index (χ2v) is 12.1. The second-order valence-electron chi connectivity index (χ2n) is 10.3. The molecule has 0 aliphatic carbocycles. The lowest BCUT2D eigenvalue weighted by Crippen LogP contribution is -2.31. The van der Waals surface area contributed by atoms with Crippen LogP contribution in [0, 0.1) is 6.92 Å². The van der Waals surface area contributed by atoms with Crippen LogP contribution in [-0.2, 0) is 24.3 Å². The van der Waals surface area contributed by atoms with Gasteiger partial charge in [-0.25, -0.2) is 22.9 Å². The molecule has 1 aromatic carbocycles. The minimum absolute atomic E-state index is 0.117. The van der Waals surface area contributed by atoms with Gasteiger partial charge in [0.25, 0.3) is 5.91 Å². The third kappa shape index (κ3) is 13.0. The smallest absolute Gasteiger partial charge is 0.412 e. The number of methoxy groups -OCH3 is 1. The Labute approximate surface area is 242 Å². The number of aryl methyl sites for hydroxylation is 1. The summed E-state index contributed by atoms with van der Waals surface area (Å²) in [4.78, 5) is 28.8. The van der Waals surface area contributed by atoms with Crippen molar-refractivity contribution in [2.45, 2.75) is 65.9 Å². The molecule has 0 unspecified atom stereocenters. The molecular weight excluding hydrogens is 550 g/mol. The number of hydrogen-bond acceptors (Lipinski definition) is 9. The second kappa shape index (κ2) is 16.0. The van der Waals surface area contributed by atoms with E-state index in [-0.39, 0.29) is 11.6 Å². The minimum Gasteiger partial charge on any atom is -0.493 e. The summed E-state index contributed by atoms with van der Waals surface area (Å²) in [6, 6.07) is 6.74. The molecule has 0 aliphatic rings. The van der Waals surface area contributed by atoms with Gasteiger partial charge in [0.05, 0.1) is 24.2 Å². The molecule has 12 heteroatoms. The summed E-state index contributed by atoms with van der Waals surface area (Å²) < 4.78 is 48.6. The average molecular weight is 592 g/mol. The fourth-order valence-corrected chi connectivity index (χ4v) is 4.49. The Bertz CT molecular complexity index is 1300. The number of anilines is 1. The van der Waals surface area contributed by atoms with E-state index in [2.05, 4.69) is 15.0 Å². The molecule has 2 rings (SSSR count). The van der Waals surface area contributed by atoms with Crippen LogP contribution < -0.4 is 19.5 Å². The molecule has 2 N–H and O–H groups in total. The van der Waals surface area contributed by atoms with E-state index in [1.807, 2.05) is 6.92 Å². The van der Waals surface area contributed by atoms with Gasteiger partial charge in [0.15, 0.2) is 0 Å². The van der Waals surface area contributed by atoms with E-state index in [1.165, 1.54) is 12.3 Å². The molecule has 0 fully saturated rings. The summed E-state index contributed by atoms with van der Waals surface area (Å²) in [6.45, 7) is 10.0. The number of ether oxygens (including phenoxy) is 4. The number of carbonyl (C=O) groups excluding carboxylic acids is 2. The highest BCUT2D eigenvalue weighted by Gasteiger charge is 2.17. The number of nitrogens with one attached hydrogen (secondary N) is 2. The molecule has 0 saturated carbocycles. The van der Waals surface area contributed by atoms with Crippen LogP contribution in [0.5, 0.6) is 17.4 Å². The lowest BCUT2D eigenvalue weighted by atomic mass is 10.1. The standard InChI is InChI=1S/C29H41N3O8S/c1-7-8-9-17-41(35,36)32-26(33)14-12-22-11-13-24(38-16-10-15-37-6)19-25(22)39-27-21(2)18-23(20-30-27)31-28(34)40-29(3,4)5/h11-14,18-20H,7-10,15-17H2,1-6H3,(H,31,34)(H,32,33)/b14-12+. The summed E-state index contributed by atoms with van der Waals surface area (Å²) in [5.41, 5.74) is 0.892. The maximum atomic E-state index is 12.4. The van der Waals surface area contributed by atoms with Crippen molar-refractivity contribution in [2.24, 2.45) is 0 Å². The van der Waals surface area contributed by atoms with Gasteiger partial charge in [-0.15, -0.1) is 0 Å². The van der Waals surface area contributed by atoms with Gasteiger partial charge in [-0.2, -0.15) is 0 Å². The molecular formula is C29H41N3O8S. The first kappa shape index (κ1) is 33.6. The lowest BCUT2D eigenvalue weighted by molar-refractivity contribution is -0.114. The number of benzene rings is 1. The molecule has 0 spiro atoms. The maximum Gasteiger partial charge on any atom is 0.412 e. The Morgan fingerprint density at radius 3 is 2.49 bits per heavy atom. The highest BCUT2D eigenvalue weighted by Crippen LogP contribution is 2.32. The predicted molar refractivity (Wildman–Crippen MR) is 158 cm³/mol. The zero-order valence-electron chi connectivity index (χ0n) is 24.6. The van der Waals surface area contributed by atoms with Crippen molar-refractivity contribution in [3.8, 4) is 17.4 Å². The van der Waals surface area contributed by atoms with Gasteiger partial charge >= 0.3 is 6.09 Å². The first-order valence-electron chi connectivity index (χ1n) is 13.4. The van der Waals surface area contributed by atoms with Crippen molar-refractivity contribution in [2.75, 3.05) is 31.4 Å². The van der Waals surface area contributed by atoms with Crippen LogP contribution in [0.25, 0.3) is 6.08 Å². The average Bonchev–Trinajstić information content (AvgIpc) is 2.86. The normalized spacial score (nSPS) is 11.8. The fourth-order valence-electron chi connectivity index (χ4n) is 3.43. The number of unbranched alkanes of at least 4 members (excludes halogenated alkanes) is 2. The highest BCUT2D eigenvalue weighted by atomic mass is 32.2. The van der Waals surface area contributed by atoms with Crippen molar-refractivity contribution in [3.05, 3.63) is 47.7 Å². The number of aromatic nitrogens is 1. The van der Waals surface area contributed by atoms with Gasteiger partial charge in [0.2, 0.25) is 15.9 Å². The molecule has 2 amide bonds. The summed E-state index contributed by atoms with van der Waals surface area (Å²) in [5, 5.41) is 2.64. The highest BCUT2D eigenvalue weighted by molar-refractivity contribution is 7.90. The first-order valence-corrected chi connectivity index (χ1v) is 15.1. The number of nitrogens with zero attached hydrogens (tertiary/aromatic N) is 1. The molecule has 0 bridgehead atoms. The predicted octanol–water partition coefficient (Wildman–Crippen LogP) is 5.59. The lowest BCUT2D eigenvalue weighted by Gasteiger charge is -2.19. The summed E-state index contributed by atoms with van der Waals surface area (Å²) in [5.74, 6) is 0.228. The van der Waals surface area contributed by atoms with E-state index in [0.29, 0.717) is 54.4 Å². The van der Waals surface area contributed by atoms with Gasteiger partial charge in [0, 0.05) is 43.4 Å². The molecule has 2 aromatic rings. The Morgan fingerprint density at radius 2 is 1.83 bits per heavy atom. The topological polar surface area (TPSA) is 142 Å². The third-order valence-corrected chi connectivity index (χ3v) is 6.65. The largest absolute Gasteiger partial charge is 0.493 e. The molecule has 0 radical (unpaired) electrons. The van der Waals surface area contributed by atoms with Gasteiger partial charge in [-0.3, -0.25) is 10.1 Å². The first-order chi connectivity index (χ1) is 19.3. The van der Waals surface area contributed by atoms with Crippen LogP contribution in [0.15, 0.2) is 36.5 Å². The monoisotopic (exact) mass is 591 g/mol. The van der Waals surface area contributed by atoms with Crippen LogP contribution in [0.2, 0.25) is 0 Å². The molecule has 11 nitrogen and oxygen atoms in total. The molecule has 0 aliphatic heterocycles. The van der Waals surface area contributed by atoms with Crippen LogP contribution in [0.3, 0.4) is 0 Å². The zero-order chi connectivity index (χ0) is 30.5. The van der Waals surface area contributed by atoms with E-state index in [1.54, 1.807) is 59.1 Å². The molecule has 226 valence electrons. The van der Waals surface area contributed by atoms with Gasteiger partial charge in [-0.1, -0.05) is 19.8 Å². The molecule has 0 atom stereocenters. The van der Waals surface area contributed by atoms with E-state index < -0.39 is 27.6 Å². The molecule has 1 aromatic heterocycles. The number of carbonyl (C=O) groups is 2. The van der Waals surface area contributed by atoms with Gasteiger partial charge in [0.1, 0.15) is 17.1 Å². The Kier molecular flexibility index (Phi) is 13.1. The molecule has 41 heavy (non-hydrogen) atoms. The number of hydrogen-bond donors (Lipinski definition) is 2. The van der Waals surface area contributed by atoms with Crippen molar-refractivity contribution in [1.82, 2.24) is 9.71 Å². The third-order valence-electron chi connectivity index (χ3n) is 5.32. The van der Waals surface area contributed by atoms with Crippen molar-refractivity contribution >= 4 is 33.8 Å². The zero-order valence-corrected chi connectivity index (χ0v) is 25.4. The van der Waals surface area contributed by atoms with Crippen molar-refractivity contribution in [1.29, 1.82) is 0 Å². The van der Waals surface area contributed by atoms with Gasteiger partial charge in [-0.05, 0) is 58.4 Å². The van der Waals surface area contributed by atoms with Crippen LogP contribution in [0.4, 0.5) is 10.5 Å². The molecule has 1 heterocycles. The number of sulfonamides is 1. The van der Waals surface area contributed by atoms with E-state index in [4.69, 9.17) is 18.9 Å². The maximum absolute atomic E-state index is 12.4. The van der Waals surface area contributed by atoms with E-state index in [0.717, 1.165) is 18.9 Å². The van der Waals surface area contributed by atoms with Crippen molar-refractivity contribution < 1.29 is 37.0 Å².